The minimum absolute atomic E-state index is 0.0456. The molecule has 2 fully saturated rings. The van der Waals surface area contributed by atoms with Crippen LogP contribution in [0.15, 0.2) is 42.5 Å². The second-order valence-electron chi connectivity index (χ2n) is 6.97. The minimum atomic E-state index is -0.456. The predicted molar refractivity (Wildman–Crippen MR) is 107 cm³/mol. The highest BCUT2D eigenvalue weighted by molar-refractivity contribution is 7.79. The average Bonchev–Trinajstić information content (AvgIpc) is 3.36. The smallest absolute Gasteiger partial charge is 0.226 e. The number of halogens is 2. The van der Waals surface area contributed by atoms with Crippen molar-refractivity contribution in [1.29, 1.82) is 0 Å². The molecule has 2 aromatic carbocycles. The zero-order chi connectivity index (χ0) is 19.6. The molecule has 2 aromatic rings. The van der Waals surface area contributed by atoms with E-state index in [1.54, 1.807) is 41.5 Å². The van der Waals surface area contributed by atoms with E-state index in [9.17, 15) is 13.6 Å². The van der Waals surface area contributed by atoms with Gasteiger partial charge in [0.1, 0.15) is 11.6 Å². The highest BCUT2D eigenvalue weighted by Gasteiger charge is 2.47. The van der Waals surface area contributed by atoms with Crippen molar-refractivity contribution >= 4 is 18.5 Å². The number of carbonyl (C=O) groups excluding carboxylic acids is 1. The van der Waals surface area contributed by atoms with Gasteiger partial charge in [0.15, 0.2) is 0 Å². The van der Waals surface area contributed by atoms with E-state index in [2.05, 4.69) is 12.6 Å². The van der Waals surface area contributed by atoms with E-state index in [-0.39, 0.29) is 34.9 Å². The first-order valence-electron chi connectivity index (χ1n) is 9.08. The maximum Gasteiger partial charge on any atom is 0.226 e. The van der Waals surface area contributed by atoms with Crippen molar-refractivity contribution in [3.8, 4) is 11.1 Å². The monoisotopic (exact) mass is 390 g/mol. The number of likely N-dealkylation sites (tertiary alicyclic amines) is 1. The first kappa shape index (κ1) is 19.8. The number of thiol groups is 1. The molecule has 0 spiro atoms. The summed E-state index contributed by atoms with van der Waals surface area (Å²) in [5.41, 5.74) is 7.12. The van der Waals surface area contributed by atoms with E-state index >= 15 is 0 Å². The summed E-state index contributed by atoms with van der Waals surface area (Å²) >= 11 is 3.53. The van der Waals surface area contributed by atoms with E-state index in [1.807, 2.05) is 0 Å². The molecule has 2 aliphatic rings. The van der Waals surface area contributed by atoms with Gasteiger partial charge in [0.05, 0.1) is 0 Å². The summed E-state index contributed by atoms with van der Waals surface area (Å²) in [7, 11) is 0. The van der Waals surface area contributed by atoms with Crippen LogP contribution >= 0.6 is 12.6 Å². The van der Waals surface area contributed by atoms with E-state index < -0.39 is 11.6 Å². The first-order chi connectivity index (χ1) is 13.1. The third-order valence-corrected chi connectivity index (χ3v) is 5.23. The Morgan fingerprint density at radius 1 is 1.11 bits per heavy atom. The van der Waals surface area contributed by atoms with Crippen molar-refractivity contribution < 1.29 is 13.6 Å². The largest absolute Gasteiger partial charge is 0.341 e. The Balaban J connectivity index is 0.00000102. The predicted octanol–water partition coefficient (Wildman–Crippen LogP) is 3.84. The van der Waals surface area contributed by atoms with Crippen molar-refractivity contribution in [2.45, 2.75) is 24.8 Å². The van der Waals surface area contributed by atoms with Gasteiger partial charge in [-0.05, 0) is 42.7 Å². The Hall–Kier alpha value is -1.92. The van der Waals surface area contributed by atoms with Crippen LogP contribution in [0, 0.1) is 17.6 Å². The van der Waals surface area contributed by atoms with Crippen molar-refractivity contribution in [3.05, 3.63) is 59.7 Å². The zero-order valence-corrected chi connectivity index (χ0v) is 16.1. The summed E-state index contributed by atoms with van der Waals surface area (Å²) in [6.07, 6.45) is 3.19. The number of nitrogens with zero attached hydrogens (tertiary/aromatic N) is 1. The number of nitrogens with two attached hydrogens (primary N) is 1. The van der Waals surface area contributed by atoms with Crippen molar-refractivity contribution in [2.75, 3.05) is 19.3 Å². The van der Waals surface area contributed by atoms with Crippen LogP contribution in [0.2, 0.25) is 0 Å². The Morgan fingerprint density at radius 2 is 1.81 bits per heavy atom. The molecule has 4 rings (SSSR count). The lowest BCUT2D eigenvalue weighted by atomic mass is 9.95. The van der Waals surface area contributed by atoms with Gasteiger partial charge >= 0.3 is 0 Å². The standard InChI is InChI=1S/C20H20F2N2O.CH4S/c21-17-6-2-1-4-14(17)19-13(5-3-7-18(19)22)15-10-16(15)20(25)24-9-8-12(23)11-24;1-2/h1-7,12,15-16H,8-11,23H2;2H,1H3. The third-order valence-electron chi connectivity index (χ3n) is 5.23. The maximum atomic E-state index is 14.5. The summed E-state index contributed by atoms with van der Waals surface area (Å²) in [5, 5.41) is 0. The van der Waals surface area contributed by atoms with Gasteiger partial charge in [0.2, 0.25) is 5.91 Å². The lowest BCUT2D eigenvalue weighted by molar-refractivity contribution is -0.131. The van der Waals surface area contributed by atoms with Gasteiger partial charge in [0, 0.05) is 36.2 Å². The fourth-order valence-corrected chi connectivity index (χ4v) is 3.83. The summed E-state index contributed by atoms with van der Waals surface area (Å²) in [4.78, 5) is 14.4. The Morgan fingerprint density at radius 3 is 2.48 bits per heavy atom. The second-order valence-corrected chi connectivity index (χ2v) is 6.97. The molecular formula is C21H24F2N2OS. The molecule has 0 bridgehead atoms. The molecular weight excluding hydrogens is 366 g/mol. The number of amides is 1. The molecule has 0 aromatic heterocycles. The molecule has 1 saturated carbocycles. The molecule has 3 unspecified atom stereocenters. The van der Waals surface area contributed by atoms with Crippen LogP contribution in [0.3, 0.4) is 0 Å². The molecule has 2 N–H and O–H groups in total. The molecule has 3 nitrogen and oxygen atoms in total. The summed E-state index contributed by atoms with van der Waals surface area (Å²) < 4.78 is 28.7. The van der Waals surface area contributed by atoms with E-state index in [4.69, 9.17) is 5.73 Å². The van der Waals surface area contributed by atoms with Gasteiger partial charge in [-0.3, -0.25) is 4.79 Å². The van der Waals surface area contributed by atoms with Gasteiger partial charge in [-0.15, -0.1) is 0 Å². The molecule has 1 aliphatic carbocycles. The summed E-state index contributed by atoms with van der Waals surface area (Å²) in [5.74, 6) is -1.04. The Labute approximate surface area is 164 Å². The van der Waals surface area contributed by atoms with Gasteiger partial charge < -0.3 is 10.6 Å². The summed E-state index contributed by atoms with van der Waals surface area (Å²) in [6.45, 7) is 1.28. The van der Waals surface area contributed by atoms with Gasteiger partial charge in [-0.1, -0.05) is 30.3 Å². The number of rotatable bonds is 3. The lowest BCUT2D eigenvalue weighted by Crippen LogP contribution is -2.33. The zero-order valence-electron chi connectivity index (χ0n) is 15.2. The van der Waals surface area contributed by atoms with Gasteiger partial charge in [-0.25, -0.2) is 8.78 Å². The van der Waals surface area contributed by atoms with Crippen LogP contribution in [0.1, 0.15) is 24.3 Å². The fourth-order valence-electron chi connectivity index (χ4n) is 3.83. The van der Waals surface area contributed by atoms with E-state index in [0.717, 1.165) is 6.42 Å². The van der Waals surface area contributed by atoms with E-state index in [0.29, 0.717) is 25.1 Å². The highest BCUT2D eigenvalue weighted by Crippen LogP contribution is 2.52. The van der Waals surface area contributed by atoms with Gasteiger partial charge in [0.25, 0.3) is 0 Å². The van der Waals surface area contributed by atoms with Crippen LogP contribution < -0.4 is 5.73 Å². The SMILES string of the molecule is CS.NC1CCN(C(=O)C2CC2c2cccc(F)c2-c2ccccc2F)C1. The molecule has 1 amide bonds. The molecule has 27 heavy (non-hydrogen) atoms. The maximum absolute atomic E-state index is 14.5. The molecule has 144 valence electrons. The quantitative estimate of drug-likeness (QED) is 0.783. The van der Waals surface area contributed by atoms with Gasteiger partial charge in [-0.2, -0.15) is 12.6 Å². The number of carbonyl (C=O) groups is 1. The molecule has 3 atom stereocenters. The average molecular weight is 390 g/mol. The normalized spacial score (nSPS) is 23.6. The molecule has 6 heteroatoms. The van der Waals surface area contributed by atoms with Crippen molar-refractivity contribution in [3.63, 3.8) is 0 Å². The molecule has 1 saturated heterocycles. The van der Waals surface area contributed by atoms with Crippen LogP contribution in [0.5, 0.6) is 0 Å². The van der Waals surface area contributed by atoms with Crippen LogP contribution in [0.25, 0.3) is 11.1 Å². The number of hydrogen-bond acceptors (Lipinski definition) is 3. The van der Waals surface area contributed by atoms with Crippen LogP contribution in [-0.4, -0.2) is 36.2 Å². The summed E-state index contributed by atoms with van der Waals surface area (Å²) in [6, 6.07) is 11.0. The number of benzene rings is 2. The Bertz CT molecular complexity index is 830. The second kappa shape index (κ2) is 8.40. The number of hydrogen-bond donors (Lipinski definition) is 2. The Kier molecular flexibility index (Phi) is 6.17. The van der Waals surface area contributed by atoms with Crippen LogP contribution in [0.4, 0.5) is 8.78 Å². The van der Waals surface area contributed by atoms with Crippen molar-refractivity contribution in [2.24, 2.45) is 11.7 Å². The third kappa shape index (κ3) is 4.01. The molecule has 0 radical (unpaired) electrons. The topological polar surface area (TPSA) is 46.3 Å². The lowest BCUT2D eigenvalue weighted by Gasteiger charge is -2.16. The molecule has 1 aliphatic heterocycles. The first-order valence-corrected chi connectivity index (χ1v) is 9.98. The van der Waals surface area contributed by atoms with Crippen molar-refractivity contribution in [1.82, 2.24) is 4.90 Å². The molecule has 1 heterocycles. The highest BCUT2D eigenvalue weighted by atomic mass is 32.1. The minimum Gasteiger partial charge on any atom is -0.341 e. The fraction of sp³-hybridized carbons (Fsp3) is 0.381. The van der Waals surface area contributed by atoms with Crippen LogP contribution in [-0.2, 0) is 4.79 Å². The van der Waals surface area contributed by atoms with E-state index in [1.165, 1.54) is 12.1 Å².